The predicted molar refractivity (Wildman–Crippen MR) is 170 cm³/mol. The summed E-state index contributed by atoms with van der Waals surface area (Å²) in [5.74, 6) is 0. The summed E-state index contributed by atoms with van der Waals surface area (Å²) in [7, 11) is -1.78. The molecule has 2 heterocycles. The maximum atomic E-state index is 6.84. The third kappa shape index (κ3) is 6.34. The Balaban J connectivity index is 2.24. The minimum Gasteiger partial charge on any atom is -0.399 e. The molecule has 0 bridgehead atoms. The van der Waals surface area contributed by atoms with Gasteiger partial charge in [-0.3, -0.25) is 9.51 Å². The van der Waals surface area contributed by atoms with Crippen LogP contribution in [0.3, 0.4) is 0 Å². The molecule has 0 aliphatic rings. The Morgan fingerprint density at radius 3 is 1.45 bits per heavy atom. The highest BCUT2D eigenvalue weighted by Crippen LogP contribution is 2.45. The van der Waals surface area contributed by atoms with Crippen LogP contribution in [0, 0.1) is 0 Å². The highest BCUT2D eigenvalue weighted by atomic mass is 31.1. The van der Waals surface area contributed by atoms with Gasteiger partial charge in [-0.2, -0.15) is 0 Å². The van der Waals surface area contributed by atoms with Gasteiger partial charge in [0, 0.05) is 28.1 Å². The first-order valence-corrected chi connectivity index (χ1v) is 15.5. The molecule has 1 atom stereocenters. The van der Waals surface area contributed by atoms with Crippen LogP contribution in [0.15, 0.2) is 57.1 Å². The summed E-state index contributed by atoms with van der Waals surface area (Å²) in [4.78, 5) is 4.52. The average molecular weight is 562 g/mol. The summed E-state index contributed by atoms with van der Waals surface area (Å²) in [6.07, 6.45) is 1.50. The summed E-state index contributed by atoms with van der Waals surface area (Å²) < 4.78 is 20.2. The van der Waals surface area contributed by atoms with E-state index in [1.165, 1.54) is 11.1 Å². The van der Waals surface area contributed by atoms with Crippen LogP contribution in [-0.4, -0.2) is 4.98 Å². The number of aromatic nitrogens is 1. The van der Waals surface area contributed by atoms with Crippen LogP contribution in [0.2, 0.25) is 0 Å². The van der Waals surface area contributed by atoms with E-state index in [2.05, 4.69) is 112 Å². The summed E-state index contributed by atoms with van der Waals surface area (Å²) in [6.45, 7) is 29.1. The van der Waals surface area contributed by atoms with Gasteiger partial charge < -0.3 is 8.39 Å². The normalized spacial score (nSPS) is 14.1. The monoisotopic (exact) mass is 561 g/mol. The second-order valence-electron chi connectivity index (χ2n) is 15.2. The Kier molecular flexibility index (Phi) is 7.89. The number of fused-ring (bicyclic) bond motifs is 3. The van der Waals surface area contributed by atoms with Gasteiger partial charge in [-0.25, -0.2) is 0 Å². The third-order valence-electron chi connectivity index (χ3n) is 7.50. The molecule has 0 saturated heterocycles. The van der Waals surface area contributed by atoms with Crippen molar-refractivity contribution < 1.29 is 12.9 Å². The second-order valence-corrected chi connectivity index (χ2v) is 16.2. The Morgan fingerprint density at radius 2 is 1.10 bits per heavy atom. The summed E-state index contributed by atoms with van der Waals surface area (Å²) in [5, 5.41) is 2.14. The molecule has 4 aromatic rings. The lowest BCUT2D eigenvalue weighted by molar-refractivity contribution is 0.279. The van der Waals surface area contributed by atoms with Gasteiger partial charge in [0.25, 0.3) is 0 Å². The second kappa shape index (κ2) is 10.4. The van der Waals surface area contributed by atoms with Crippen LogP contribution < -0.4 is 4.52 Å². The van der Waals surface area contributed by atoms with Gasteiger partial charge in [0.1, 0.15) is 17.3 Å². The molecule has 4 rings (SSSR count). The van der Waals surface area contributed by atoms with Crippen LogP contribution in [0.5, 0.6) is 0 Å². The molecule has 0 radical (unpaired) electrons. The van der Waals surface area contributed by atoms with E-state index in [1.807, 2.05) is 25.1 Å². The maximum Gasteiger partial charge on any atom is 0.388 e. The van der Waals surface area contributed by atoms with Gasteiger partial charge in [0.15, 0.2) is 0 Å². The largest absolute Gasteiger partial charge is 0.399 e. The molecule has 2 aromatic carbocycles. The summed E-state index contributed by atoms with van der Waals surface area (Å²) in [5.41, 5.74) is 7.04. The zero-order chi connectivity index (χ0) is 29.8. The number of nitrogens with zero attached hydrogens (tertiary/aromatic N) is 1. The van der Waals surface area contributed by atoms with E-state index in [1.54, 1.807) is 6.20 Å². The van der Waals surface area contributed by atoms with Gasteiger partial charge in [0.2, 0.25) is 0 Å². The van der Waals surface area contributed by atoms with Crippen molar-refractivity contribution in [3.05, 3.63) is 76.6 Å². The summed E-state index contributed by atoms with van der Waals surface area (Å²) >= 11 is 0. The van der Waals surface area contributed by atoms with E-state index in [9.17, 15) is 0 Å². The van der Waals surface area contributed by atoms with Crippen LogP contribution in [0.1, 0.15) is 124 Å². The highest BCUT2D eigenvalue weighted by Gasteiger charge is 2.29. The van der Waals surface area contributed by atoms with Gasteiger partial charge in [-0.15, -0.1) is 0 Å². The van der Waals surface area contributed by atoms with Gasteiger partial charge in [-0.05, 0) is 64.0 Å². The molecule has 0 aliphatic carbocycles. The van der Waals surface area contributed by atoms with Crippen molar-refractivity contribution in [2.45, 2.75) is 118 Å². The molecule has 0 spiro atoms. The minimum absolute atomic E-state index is 0.0361. The minimum atomic E-state index is -1.78. The van der Waals surface area contributed by atoms with Crippen molar-refractivity contribution in [1.82, 2.24) is 4.98 Å². The molecule has 216 valence electrons. The zero-order valence-corrected chi connectivity index (χ0v) is 27.7. The number of benzene rings is 2. The molecular formula is C35H48NO3P. The lowest BCUT2D eigenvalue weighted by Crippen LogP contribution is -2.17. The molecule has 4 nitrogen and oxygen atoms in total. The zero-order valence-electron chi connectivity index (χ0n) is 26.8. The Bertz CT molecular complexity index is 1460. The molecule has 5 heteroatoms. The van der Waals surface area contributed by atoms with Crippen LogP contribution >= 0.6 is 8.24 Å². The first-order chi connectivity index (χ1) is 18.3. The highest BCUT2D eigenvalue weighted by molar-refractivity contribution is 7.31. The van der Waals surface area contributed by atoms with Crippen molar-refractivity contribution in [2.24, 2.45) is 0 Å². The Hall–Kier alpha value is -2.55. The van der Waals surface area contributed by atoms with Crippen molar-refractivity contribution in [3.8, 4) is 0 Å². The van der Waals surface area contributed by atoms with Gasteiger partial charge >= 0.3 is 8.24 Å². The number of hydrogen-bond donors (Lipinski definition) is 0. The fourth-order valence-corrected chi connectivity index (χ4v) is 6.03. The van der Waals surface area contributed by atoms with Crippen LogP contribution in [-0.2, 0) is 21.7 Å². The molecule has 0 amide bonds. The fraction of sp³-hybridized carbons (Fsp3) is 0.514. The van der Waals surface area contributed by atoms with E-state index < -0.39 is 8.24 Å². The molecule has 0 fully saturated rings. The average Bonchev–Trinajstić information content (AvgIpc) is 2.97. The first kappa shape index (κ1) is 30.4. The number of rotatable bonds is 3. The molecule has 0 saturated carbocycles. The molecule has 0 N–H and O–H groups in total. The van der Waals surface area contributed by atoms with E-state index >= 15 is 0 Å². The SMILES string of the molecule is C[C@@H](Op1oc2c(C(C)(C)C)cc(C(C)(C)C)cc2c2cc(C(C)(C)C)cc(C(C)(C)C)c2o1)c1ccccn1. The maximum absolute atomic E-state index is 6.84. The first-order valence-electron chi connectivity index (χ1n) is 14.4. The molecule has 0 aliphatic heterocycles. The van der Waals surface area contributed by atoms with Crippen LogP contribution in [0.4, 0.5) is 0 Å². The topological polar surface area (TPSA) is 48.4 Å². The smallest absolute Gasteiger partial charge is 0.388 e. The van der Waals surface area contributed by atoms with Crippen molar-refractivity contribution in [3.63, 3.8) is 0 Å². The van der Waals surface area contributed by atoms with Crippen LogP contribution in [0.25, 0.3) is 21.9 Å². The predicted octanol–water partition coefficient (Wildman–Crippen LogP) is 11.1. The van der Waals surface area contributed by atoms with E-state index in [0.717, 1.165) is 38.8 Å². The summed E-state index contributed by atoms with van der Waals surface area (Å²) in [6, 6.07) is 15.1. The number of hydrogen-bond acceptors (Lipinski definition) is 4. The molecule has 0 unspecified atom stereocenters. The Morgan fingerprint density at radius 1 is 0.650 bits per heavy atom. The lowest BCUT2D eigenvalue weighted by atomic mass is 9.77. The van der Waals surface area contributed by atoms with Crippen molar-refractivity contribution >= 4 is 30.2 Å². The number of pyridine rings is 1. The Labute approximate surface area is 242 Å². The van der Waals surface area contributed by atoms with E-state index in [4.69, 9.17) is 12.9 Å². The quantitative estimate of drug-likeness (QED) is 0.250. The third-order valence-corrected chi connectivity index (χ3v) is 8.65. The molecule has 2 aromatic heterocycles. The van der Waals surface area contributed by atoms with Gasteiger partial charge in [-0.1, -0.05) is 101 Å². The fourth-order valence-electron chi connectivity index (χ4n) is 4.85. The standard InChI is InChI=1S/C35H48NO3P/c1-22(29-16-14-15-17-36-29)37-40-38-30-25(18-23(32(2,3)4)20-27(30)34(8,9)10)26-19-24(33(5,6)7)21-28(31(26)39-40)35(11,12)13/h14-22H,1-13H3/t22-/m1/s1. The lowest BCUT2D eigenvalue weighted by Gasteiger charge is -2.27. The van der Waals surface area contributed by atoms with Crippen molar-refractivity contribution in [1.29, 1.82) is 0 Å². The van der Waals surface area contributed by atoms with Crippen molar-refractivity contribution in [2.75, 3.05) is 0 Å². The molecular weight excluding hydrogens is 513 g/mol. The molecule has 40 heavy (non-hydrogen) atoms. The van der Waals surface area contributed by atoms with E-state index in [0.29, 0.717) is 0 Å². The van der Waals surface area contributed by atoms with Gasteiger partial charge in [0.05, 0.1) is 5.69 Å². The van der Waals surface area contributed by atoms with E-state index in [-0.39, 0.29) is 27.8 Å².